The monoisotopic (exact) mass is 312 g/mol. The van der Waals surface area contributed by atoms with Crippen LogP contribution < -0.4 is 5.32 Å². The Hall–Kier alpha value is -1.20. The van der Waals surface area contributed by atoms with E-state index in [1.54, 1.807) is 12.3 Å². The van der Waals surface area contributed by atoms with Gasteiger partial charge >= 0.3 is 0 Å². The summed E-state index contributed by atoms with van der Waals surface area (Å²) < 4.78 is 19.6. The maximum atomic E-state index is 13.3. The van der Waals surface area contributed by atoms with Gasteiger partial charge in [-0.05, 0) is 38.2 Å². The fraction of sp³-hybridized carbons (Fsp3) is 0.308. The highest BCUT2D eigenvalue weighted by Gasteiger charge is 2.08. The Morgan fingerprint density at radius 3 is 2.94 bits per heavy atom. The van der Waals surface area contributed by atoms with Gasteiger partial charge in [-0.2, -0.15) is 0 Å². The van der Waals surface area contributed by atoms with Gasteiger partial charge in [-0.25, -0.2) is 9.37 Å². The zero-order valence-electron chi connectivity index (χ0n) is 10.0. The molecular weight excluding hydrogens is 299 g/mol. The lowest BCUT2D eigenvalue weighted by atomic mass is 10.2. The molecule has 18 heavy (non-hydrogen) atoms. The van der Waals surface area contributed by atoms with E-state index in [1.807, 2.05) is 7.05 Å². The SMILES string of the molecule is CNCCCc1ncc(-c2cc(F)cc(Br)c2)o1. The van der Waals surface area contributed by atoms with Crippen molar-refractivity contribution in [1.82, 2.24) is 10.3 Å². The predicted octanol–water partition coefficient (Wildman–Crippen LogP) is 3.40. The molecule has 2 aromatic rings. The zero-order chi connectivity index (χ0) is 13.0. The Morgan fingerprint density at radius 2 is 2.22 bits per heavy atom. The fourth-order valence-electron chi connectivity index (χ4n) is 1.67. The van der Waals surface area contributed by atoms with Crippen molar-refractivity contribution in [3.8, 4) is 11.3 Å². The molecule has 1 aromatic carbocycles. The fourth-order valence-corrected chi connectivity index (χ4v) is 2.14. The summed E-state index contributed by atoms with van der Waals surface area (Å²) in [7, 11) is 1.91. The van der Waals surface area contributed by atoms with Crippen LogP contribution in [0.5, 0.6) is 0 Å². The van der Waals surface area contributed by atoms with Crippen molar-refractivity contribution in [3.63, 3.8) is 0 Å². The molecule has 0 radical (unpaired) electrons. The van der Waals surface area contributed by atoms with Crippen LogP contribution in [0, 0.1) is 5.82 Å². The highest BCUT2D eigenvalue weighted by Crippen LogP contribution is 2.25. The number of hydrogen-bond donors (Lipinski definition) is 1. The van der Waals surface area contributed by atoms with E-state index < -0.39 is 0 Å². The Balaban J connectivity index is 2.13. The molecule has 96 valence electrons. The average molecular weight is 313 g/mol. The topological polar surface area (TPSA) is 38.1 Å². The lowest BCUT2D eigenvalue weighted by Gasteiger charge is -1.99. The summed E-state index contributed by atoms with van der Waals surface area (Å²) in [5, 5.41) is 3.07. The number of nitrogens with one attached hydrogen (secondary N) is 1. The Kier molecular flexibility index (Phi) is 4.49. The number of hydrogen-bond acceptors (Lipinski definition) is 3. The van der Waals surface area contributed by atoms with E-state index in [9.17, 15) is 4.39 Å². The van der Waals surface area contributed by atoms with E-state index in [1.165, 1.54) is 12.1 Å². The van der Waals surface area contributed by atoms with Gasteiger partial charge in [0, 0.05) is 16.5 Å². The van der Waals surface area contributed by atoms with Gasteiger partial charge in [-0.1, -0.05) is 15.9 Å². The van der Waals surface area contributed by atoms with Gasteiger partial charge in [0.25, 0.3) is 0 Å². The number of nitrogens with zero attached hydrogens (tertiary/aromatic N) is 1. The molecule has 0 fully saturated rings. The lowest BCUT2D eigenvalue weighted by Crippen LogP contribution is -2.08. The molecule has 0 saturated carbocycles. The molecule has 0 aliphatic rings. The Bertz CT molecular complexity index is 507. The third-order valence-corrected chi connectivity index (χ3v) is 2.98. The van der Waals surface area contributed by atoms with E-state index >= 15 is 0 Å². The molecule has 0 aliphatic carbocycles. The largest absolute Gasteiger partial charge is 0.441 e. The van der Waals surface area contributed by atoms with Crippen molar-refractivity contribution in [2.75, 3.05) is 13.6 Å². The minimum absolute atomic E-state index is 0.299. The summed E-state index contributed by atoms with van der Waals surface area (Å²) in [6.45, 7) is 0.920. The van der Waals surface area contributed by atoms with E-state index in [4.69, 9.17) is 4.42 Å². The Morgan fingerprint density at radius 1 is 1.39 bits per heavy atom. The molecule has 0 aliphatic heterocycles. The first-order valence-electron chi connectivity index (χ1n) is 5.75. The number of aromatic nitrogens is 1. The van der Waals surface area contributed by atoms with Gasteiger partial charge in [-0.15, -0.1) is 0 Å². The van der Waals surface area contributed by atoms with Crippen molar-refractivity contribution < 1.29 is 8.81 Å². The first kappa shape index (κ1) is 13.2. The smallest absolute Gasteiger partial charge is 0.194 e. The summed E-state index contributed by atoms with van der Waals surface area (Å²) in [5.41, 5.74) is 0.689. The van der Waals surface area contributed by atoms with Crippen molar-refractivity contribution in [1.29, 1.82) is 0 Å². The van der Waals surface area contributed by atoms with Crippen LogP contribution in [-0.2, 0) is 6.42 Å². The predicted molar refractivity (Wildman–Crippen MR) is 71.8 cm³/mol. The number of benzene rings is 1. The molecular formula is C13H14BrFN2O. The van der Waals surface area contributed by atoms with Gasteiger partial charge in [0.05, 0.1) is 6.20 Å². The maximum Gasteiger partial charge on any atom is 0.194 e. The average Bonchev–Trinajstić information content (AvgIpc) is 2.77. The number of aryl methyl sites for hydroxylation is 1. The first-order valence-corrected chi connectivity index (χ1v) is 6.54. The van der Waals surface area contributed by atoms with Crippen molar-refractivity contribution in [2.24, 2.45) is 0 Å². The van der Waals surface area contributed by atoms with Crippen LogP contribution >= 0.6 is 15.9 Å². The lowest BCUT2D eigenvalue weighted by molar-refractivity contribution is 0.495. The van der Waals surface area contributed by atoms with Gasteiger partial charge in [0.15, 0.2) is 11.7 Å². The van der Waals surface area contributed by atoms with Crippen molar-refractivity contribution in [3.05, 3.63) is 40.6 Å². The third kappa shape index (κ3) is 3.40. The molecule has 2 rings (SSSR count). The summed E-state index contributed by atoms with van der Waals surface area (Å²) in [4.78, 5) is 4.19. The molecule has 5 heteroatoms. The van der Waals surface area contributed by atoms with Crippen LogP contribution in [-0.4, -0.2) is 18.6 Å². The second-order valence-electron chi connectivity index (χ2n) is 3.98. The summed E-state index contributed by atoms with van der Waals surface area (Å²) in [5.74, 6) is 0.975. The first-order chi connectivity index (χ1) is 8.69. The van der Waals surface area contributed by atoms with E-state index in [2.05, 4.69) is 26.2 Å². The van der Waals surface area contributed by atoms with Crippen LogP contribution in [0.3, 0.4) is 0 Å². The molecule has 0 atom stereocenters. The number of halogens is 2. The summed E-state index contributed by atoms with van der Waals surface area (Å²) in [6, 6.07) is 4.65. The van der Waals surface area contributed by atoms with Crippen molar-refractivity contribution >= 4 is 15.9 Å². The maximum absolute atomic E-state index is 13.3. The molecule has 0 unspecified atom stereocenters. The van der Waals surface area contributed by atoms with Gasteiger partial charge in [0.2, 0.25) is 0 Å². The molecule has 0 spiro atoms. The highest BCUT2D eigenvalue weighted by atomic mass is 79.9. The zero-order valence-corrected chi connectivity index (χ0v) is 11.6. The number of oxazole rings is 1. The molecule has 1 heterocycles. The van der Waals surface area contributed by atoms with E-state index in [0.29, 0.717) is 21.7 Å². The van der Waals surface area contributed by atoms with Gasteiger partial charge < -0.3 is 9.73 Å². The van der Waals surface area contributed by atoms with E-state index in [-0.39, 0.29) is 5.82 Å². The van der Waals surface area contributed by atoms with E-state index in [0.717, 1.165) is 19.4 Å². The second-order valence-corrected chi connectivity index (χ2v) is 4.90. The minimum atomic E-state index is -0.299. The van der Waals surface area contributed by atoms with Crippen LogP contribution in [0.1, 0.15) is 12.3 Å². The van der Waals surface area contributed by atoms with Crippen LogP contribution in [0.15, 0.2) is 33.3 Å². The van der Waals surface area contributed by atoms with Crippen molar-refractivity contribution in [2.45, 2.75) is 12.8 Å². The standard InChI is InChI=1S/C13H14BrFN2O/c1-16-4-2-3-13-17-8-12(18-13)9-5-10(14)7-11(15)6-9/h5-8,16H,2-4H2,1H3. The quantitative estimate of drug-likeness (QED) is 0.860. The highest BCUT2D eigenvalue weighted by molar-refractivity contribution is 9.10. The normalized spacial score (nSPS) is 10.8. The molecule has 1 aromatic heterocycles. The van der Waals surface area contributed by atoms with Crippen LogP contribution in [0.25, 0.3) is 11.3 Å². The summed E-state index contributed by atoms with van der Waals surface area (Å²) in [6.07, 6.45) is 3.37. The summed E-state index contributed by atoms with van der Waals surface area (Å²) >= 11 is 3.26. The number of rotatable bonds is 5. The molecule has 1 N–H and O–H groups in total. The van der Waals surface area contributed by atoms with Gasteiger partial charge in [0.1, 0.15) is 5.82 Å². The van der Waals surface area contributed by atoms with Gasteiger partial charge in [-0.3, -0.25) is 0 Å². The molecule has 0 saturated heterocycles. The molecule has 0 amide bonds. The Labute approximate surface area is 114 Å². The minimum Gasteiger partial charge on any atom is -0.441 e. The third-order valence-electron chi connectivity index (χ3n) is 2.52. The van der Waals surface area contributed by atoms with Crippen LogP contribution in [0.4, 0.5) is 4.39 Å². The molecule has 3 nitrogen and oxygen atoms in total. The van der Waals surface area contributed by atoms with Crippen LogP contribution in [0.2, 0.25) is 0 Å². The second kappa shape index (κ2) is 6.11. The molecule has 0 bridgehead atoms.